The van der Waals surface area contributed by atoms with Crippen LogP contribution in [0.4, 0.5) is 5.69 Å². The van der Waals surface area contributed by atoms with Crippen molar-refractivity contribution in [2.45, 2.75) is 19.3 Å². The van der Waals surface area contributed by atoms with Gasteiger partial charge in [-0.15, -0.1) is 0 Å². The first-order chi connectivity index (χ1) is 8.13. The molecule has 4 nitrogen and oxygen atoms in total. The van der Waals surface area contributed by atoms with E-state index in [1.807, 2.05) is 0 Å². The number of benzene rings is 1. The van der Waals surface area contributed by atoms with Crippen LogP contribution in [0, 0.1) is 0 Å². The van der Waals surface area contributed by atoms with E-state index in [0.29, 0.717) is 17.9 Å². The molecule has 0 amide bonds. The maximum Gasteiger partial charge on any atom is 0.338 e. The van der Waals surface area contributed by atoms with Crippen LogP contribution in [-0.4, -0.2) is 24.3 Å². The number of aliphatic hydroxyl groups excluding tert-OH is 1. The number of carbonyl (C=O) groups excluding carboxylic acids is 1. The minimum atomic E-state index is -0.373. The van der Waals surface area contributed by atoms with Gasteiger partial charge in [0, 0.05) is 16.8 Å². The first-order valence-electron chi connectivity index (χ1n) is 5.47. The molecule has 0 aliphatic heterocycles. The molecule has 3 N–H and O–H groups in total. The molecule has 94 valence electrons. The predicted molar refractivity (Wildman–Crippen MR) is 69.8 cm³/mol. The lowest BCUT2D eigenvalue weighted by Gasteiger charge is -2.05. The van der Waals surface area contributed by atoms with Gasteiger partial charge in [0.25, 0.3) is 0 Å². The Morgan fingerprint density at radius 3 is 2.71 bits per heavy atom. The highest BCUT2D eigenvalue weighted by Gasteiger charge is 2.08. The maximum atomic E-state index is 11.6. The lowest BCUT2D eigenvalue weighted by atomic mass is 10.2. The van der Waals surface area contributed by atoms with Gasteiger partial charge in [-0.25, -0.2) is 4.79 Å². The van der Waals surface area contributed by atoms with E-state index in [1.54, 1.807) is 18.2 Å². The van der Waals surface area contributed by atoms with Crippen molar-refractivity contribution in [1.82, 2.24) is 0 Å². The summed E-state index contributed by atoms with van der Waals surface area (Å²) in [4.78, 5) is 11.6. The molecule has 0 atom stereocenters. The molecule has 0 spiro atoms. The van der Waals surface area contributed by atoms with E-state index in [0.717, 1.165) is 23.7 Å². The van der Waals surface area contributed by atoms with Crippen molar-refractivity contribution in [3.8, 4) is 0 Å². The molecule has 0 aliphatic rings. The first-order valence-corrected chi connectivity index (χ1v) is 6.27. The van der Waals surface area contributed by atoms with Crippen molar-refractivity contribution in [2.24, 2.45) is 0 Å². The number of hydrogen-bond donors (Lipinski definition) is 2. The number of esters is 1. The first kappa shape index (κ1) is 14.0. The van der Waals surface area contributed by atoms with E-state index in [9.17, 15) is 4.79 Å². The third-order valence-corrected chi connectivity index (χ3v) is 2.65. The monoisotopic (exact) mass is 301 g/mol. The highest BCUT2D eigenvalue weighted by molar-refractivity contribution is 9.10. The fourth-order valence-corrected chi connectivity index (χ4v) is 1.88. The molecule has 0 saturated heterocycles. The Bertz CT molecular complexity index is 362. The third kappa shape index (κ3) is 5.19. The van der Waals surface area contributed by atoms with Crippen molar-refractivity contribution in [3.05, 3.63) is 28.2 Å². The van der Waals surface area contributed by atoms with Crippen LogP contribution in [-0.2, 0) is 4.74 Å². The molecule has 0 bridgehead atoms. The van der Waals surface area contributed by atoms with Gasteiger partial charge in [0.05, 0.1) is 12.2 Å². The van der Waals surface area contributed by atoms with E-state index in [4.69, 9.17) is 15.6 Å². The van der Waals surface area contributed by atoms with Gasteiger partial charge in [-0.2, -0.15) is 0 Å². The lowest BCUT2D eigenvalue weighted by molar-refractivity contribution is 0.0496. The SMILES string of the molecule is Nc1cc(Br)cc(C(=O)OCCCCCO)c1. The number of ether oxygens (including phenoxy) is 1. The van der Waals surface area contributed by atoms with Crippen LogP contribution in [0.1, 0.15) is 29.6 Å². The molecular formula is C12H16BrNO3. The molecule has 1 aromatic carbocycles. The van der Waals surface area contributed by atoms with E-state index in [1.165, 1.54) is 0 Å². The Balaban J connectivity index is 2.41. The number of anilines is 1. The summed E-state index contributed by atoms with van der Waals surface area (Å²) in [6.45, 7) is 0.543. The number of rotatable bonds is 6. The molecule has 1 rings (SSSR count). The van der Waals surface area contributed by atoms with E-state index in [-0.39, 0.29) is 12.6 Å². The number of nitrogens with two attached hydrogens (primary N) is 1. The molecule has 0 aliphatic carbocycles. The maximum absolute atomic E-state index is 11.6. The van der Waals surface area contributed by atoms with Crippen LogP contribution in [0.2, 0.25) is 0 Å². The fraction of sp³-hybridized carbons (Fsp3) is 0.417. The standard InChI is InChI=1S/C12H16BrNO3/c13-10-6-9(7-11(14)8-10)12(16)17-5-3-1-2-4-15/h6-8,15H,1-5,14H2. The number of halogens is 1. The van der Waals surface area contributed by atoms with Gasteiger partial charge < -0.3 is 15.6 Å². The third-order valence-electron chi connectivity index (χ3n) is 2.19. The largest absolute Gasteiger partial charge is 0.462 e. The molecule has 0 unspecified atom stereocenters. The Hall–Kier alpha value is -1.07. The van der Waals surface area contributed by atoms with Crippen LogP contribution >= 0.6 is 15.9 Å². The fourth-order valence-electron chi connectivity index (χ4n) is 1.37. The van der Waals surface area contributed by atoms with Gasteiger partial charge in [0.1, 0.15) is 0 Å². The number of hydrogen-bond acceptors (Lipinski definition) is 4. The molecule has 0 saturated carbocycles. The lowest BCUT2D eigenvalue weighted by Crippen LogP contribution is -2.07. The number of nitrogen functional groups attached to an aromatic ring is 1. The number of unbranched alkanes of at least 4 members (excludes halogenated alkanes) is 2. The van der Waals surface area contributed by atoms with Crippen LogP contribution in [0.3, 0.4) is 0 Å². The molecule has 1 aromatic rings. The van der Waals surface area contributed by atoms with Gasteiger partial charge in [-0.3, -0.25) is 0 Å². The quantitative estimate of drug-likeness (QED) is 0.480. The van der Waals surface area contributed by atoms with Crippen LogP contribution in [0.25, 0.3) is 0 Å². The second-order valence-corrected chi connectivity index (χ2v) is 4.61. The highest BCUT2D eigenvalue weighted by Crippen LogP contribution is 2.18. The van der Waals surface area contributed by atoms with Crippen molar-refractivity contribution in [3.63, 3.8) is 0 Å². The second-order valence-electron chi connectivity index (χ2n) is 3.69. The highest BCUT2D eigenvalue weighted by atomic mass is 79.9. The van der Waals surface area contributed by atoms with Crippen molar-refractivity contribution < 1.29 is 14.6 Å². The minimum absolute atomic E-state index is 0.177. The molecule has 0 heterocycles. The van der Waals surface area contributed by atoms with Crippen LogP contribution < -0.4 is 5.73 Å². The summed E-state index contributed by atoms with van der Waals surface area (Å²) in [5.41, 5.74) is 6.59. The topological polar surface area (TPSA) is 72.6 Å². The Morgan fingerprint density at radius 1 is 1.29 bits per heavy atom. The van der Waals surface area contributed by atoms with Gasteiger partial charge in [-0.05, 0) is 37.5 Å². The van der Waals surface area contributed by atoms with Crippen molar-refractivity contribution in [2.75, 3.05) is 18.9 Å². The Kier molecular flexibility index (Phi) is 6.00. The smallest absolute Gasteiger partial charge is 0.338 e. The zero-order valence-electron chi connectivity index (χ0n) is 9.49. The summed E-state index contributed by atoms with van der Waals surface area (Å²) in [6, 6.07) is 4.98. The Labute approximate surface area is 109 Å². The van der Waals surface area contributed by atoms with Crippen LogP contribution in [0.15, 0.2) is 22.7 Å². The molecular weight excluding hydrogens is 286 g/mol. The second kappa shape index (κ2) is 7.29. The summed E-state index contributed by atoms with van der Waals surface area (Å²) in [5, 5.41) is 8.59. The summed E-state index contributed by atoms with van der Waals surface area (Å²) in [5.74, 6) is -0.373. The van der Waals surface area contributed by atoms with Crippen molar-refractivity contribution in [1.29, 1.82) is 0 Å². The number of carbonyl (C=O) groups is 1. The normalized spacial score (nSPS) is 10.2. The molecule has 0 fully saturated rings. The average molecular weight is 302 g/mol. The van der Waals surface area contributed by atoms with Gasteiger partial charge in [0.2, 0.25) is 0 Å². The predicted octanol–water partition coefficient (Wildman–Crippen LogP) is 2.35. The summed E-state index contributed by atoms with van der Waals surface area (Å²) in [7, 11) is 0. The Morgan fingerprint density at radius 2 is 2.06 bits per heavy atom. The van der Waals surface area contributed by atoms with Gasteiger partial charge in [-0.1, -0.05) is 15.9 Å². The summed E-state index contributed by atoms with van der Waals surface area (Å²) >= 11 is 3.27. The zero-order chi connectivity index (χ0) is 12.7. The van der Waals surface area contributed by atoms with Crippen molar-refractivity contribution >= 4 is 27.6 Å². The van der Waals surface area contributed by atoms with Gasteiger partial charge >= 0.3 is 5.97 Å². The molecule has 0 radical (unpaired) electrons. The molecule has 17 heavy (non-hydrogen) atoms. The molecule has 0 aromatic heterocycles. The summed E-state index contributed by atoms with van der Waals surface area (Å²) < 4.78 is 5.84. The van der Waals surface area contributed by atoms with Gasteiger partial charge in [0.15, 0.2) is 0 Å². The zero-order valence-corrected chi connectivity index (χ0v) is 11.1. The summed E-state index contributed by atoms with van der Waals surface area (Å²) in [6.07, 6.45) is 2.35. The van der Waals surface area contributed by atoms with E-state index < -0.39 is 0 Å². The molecule has 5 heteroatoms. The van der Waals surface area contributed by atoms with E-state index in [2.05, 4.69) is 15.9 Å². The van der Waals surface area contributed by atoms with Crippen LogP contribution in [0.5, 0.6) is 0 Å². The average Bonchev–Trinajstić information content (AvgIpc) is 2.27. The number of aliphatic hydroxyl groups is 1. The van der Waals surface area contributed by atoms with E-state index >= 15 is 0 Å². The minimum Gasteiger partial charge on any atom is -0.462 e.